The third-order valence-corrected chi connectivity index (χ3v) is 5.99. The van der Waals surface area contributed by atoms with Crippen LogP contribution in [0.4, 0.5) is 4.79 Å². The SMILES string of the molecule is CC(C)[C@H](NC(=O)CC[C@H](O)[C@H](Cc1ccccc1)NC(=O)[C@H](C)NC(=O)OCc1ccccc1)C(N)=O. The fourth-order valence-electron chi connectivity index (χ4n) is 3.76. The first-order chi connectivity index (χ1) is 18.1. The van der Waals surface area contributed by atoms with Gasteiger partial charge in [0, 0.05) is 6.42 Å². The molecule has 10 nitrogen and oxygen atoms in total. The van der Waals surface area contributed by atoms with Crippen LogP contribution in [-0.4, -0.2) is 53.2 Å². The molecule has 0 fully saturated rings. The third kappa shape index (κ3) is 10.6. The van der Waals surface area contributed by atoms with E-state index in [4.69, 9.17) is 10.5 Å². The Morgan fingerprint density at radius 2 is 1.45 bits per heavy atom. The van der Waals surface area contributed by atoms with Crippen molar-refractivity contribution in [3.63, 3.8) is 0 Å². The molecule has 0 heterocycles. The molecule has 206 valence electrons. The van der Waals surface area contributed by atoms with E-state index >= 15 is 0 Å². The van der Waals surface area contributed by atoms with E-state index in [1.807, 2.05) is 60.7 Å². The number of hydrogen-bond acceptors (Lipinski definition) is 6. The van der Waals surface area contributed by atoms with Gasteiger partial charge >= 0.3 is 6.09 Å². The summed E-state index contributed by atoms with van der Waals surface area (Å²) in [4.78, 5) is 49.0. The number of aliphatic hydroxyl groups excluding tert-OH is 1. The molecule has 0 aliphatic carbocycles. The molecule has 38 heavy (non-hydrogen) atoms. The number of carbonyl (C=O) groups excluding carboxylic acids is 4. The molecule has 0 bridgehead atoms. The first kappa shape index (κ1) is 30.3. The predicted molar refractivity (Wildman–Crippen MR) is 143 cm³/mol. The van der Waals surface area contributed by atoms with Gasteiger partial charge in [-0.25, -0.2) is 4.79 Å². The van der Waals surface area contributed by atoms with E-state index < -0.39 is 48.0 Å². The van der Waals surface area contributed by atoms with Gasteiger partial charge in [0.15, 0.2) is 0 Å². The molecule has 0 aliphatic heterocycles. The molecule has 6 N–H and O–H groups in total. The monoisotopic (exact) mass is 526 g/mol. The van der Waals surface area contributed by atoms with Crippen LogP contribution in [0.15, 0.2) is 60.7 Å². The van der Waals surface area contributed by atoms with Gasteiger partial charge in [-0.2, -0.15) is 0 Å². The van der Waals surface area contributed by atoms with Gasteiger partial charge in [0.1, 0.15) is 18.7 Å². The first-order valence-electron chi connectivity index (χ1n) is 12.6. The second-order valence-corrected chi connectivity index (χ2v) is 9.53. The minimum Gasteiger partial charge on any atom is -0.445 e. The van der Waals surface area contributed by atoms with Crippen LogP contribution < -0.4 is 21.7 Å². The Hall–Kier alpha value is -3.92. The fourth-order valence-corrected chi connectivity index (χ4v) is 3.76. The van der Waals surface area contributed by atoms with Gasteiger partial charge < -0.3 is 31.5 Å². The smallest absolute Gasteiger partial charge is 0.408 e. The van der Waals surface area contributed by atoms with E-state index in [1.165, 1.54) is 6.92 Å². The normalized spacial score (nSPS) is 14.0. The van der Waals surface area contributed by atoms with Gasteiger partial charge in [-0.3, -0.25) is 14.4 Å². The van der Waals surface area contributed by atoms with Crippen LogP contribution in [0.2, 0.25) is 0 Å². The number of nitrogens with two attached hydrogens (primary N) is 1. The lowest BCUT2D eigenvalue weighted by atomic mass is 9.97. The van der Waals surface area contributed by atoms with Crippen LogP contribution in [0.5, 0.6) is 0 Å². The summed E-state index contributed by atoms with van der Waals surface area (Å²) in [5.74, 6) is -1.76. The summed E-state index contributed by atoms with van der Waals surface area (Å²) in [6.07, 6.45) is -1.56. The van der Waals surface area contributed by atoms with Crippen molar-refractivity contribution in [2.75, 3.05) is 0 Å². The zero-order valence-electron chi connectivity index (χ0n) is 22.1. The summed E-state index contributed by atoms with van der Waals surface area (Å²) in [6, 6.07) is 15.9. The van der Waals surface area contributed by atoms with E-state index in [1.54, 1.807) is 13.8 Å². The molecule has 2 aromatic carbocycles. The number of carbonyl (C=O) groups is 4. The summed E-state index contributed by atoms with van der Waals surface area (Å²) in [7, 11) is 0. The van der Waals surface area contributed by atoms with Crippen LogP contribution in [0.3, 0.4) is 0 Å². The number of nitrogens with one attached hydrogen (secondary N) is 3. The lowest BCUT2D eigenvalue weighted by Gasteiger charge is -2.26. The van der Waals surface area contributed by atoms with Crippen LogP contribution in [-0.2, 0) is 32.1 Å². The molecule has 4 amide bonds. The zero-order chi connectivity index (χ0) is 28.1. The minimum absolute atomic E-state index is 0.0358. The van der Waals surface area contributed by atoms with Gasteiger partial charge in [-0.15, -0.1) is 0 Å². The van der Waals surface area contributed by atoms with Crippen molar-refractivity contribution in [1.29, 1.82) is 0 Å². The molecule has 10 heteroatoms. The van der Waals surface area contributed by atoms with Crippen LogP contribution in [0.25, 0.3) is 0 Å². The highest BCUT2D eigenvalue weighted by Gasteiger charge is 2.27. The van der Waals surface area contributed by atoms with Crippen molar-refractivity contribution >= 4 is 23.8 Å². The van der Waals surface area contributed by atoms with Crippen molar-refractivity contribution in [2.24, 2.45) is 11.7 Å². The molecule has 2 rings (SSSR count). The largest absolute Gasteiger partial charge is 0.445 e. The number of primary amides is 1. The number of aliphatic hydroxyl groups is 1. The summed E-state index contributed by atoms with van der Waals surface area (Å²) in [6.45, 7) is 5.10. The van der Waals surface area contributed by atoms with Crippen molar-refractivity contribution in [2.45, 2.75) is 70.9 Å². The first-order valence-corrected chi connectivity index (χ1v) is 12.6. The second kappa shape index (κ2) is 15.4. The van der Waals surface area contributed by atoms with Crippen LogP contribution >= 0.6 is 0 Å². The number of benzene rings is 2. The topological polar surface area (TPSA) is 160 Å². The second-order valence-electron chi connectivity index (χ2n) is 9.53. The van der Waals surface area contributed by atoms with E-state index in [-0.39, 0.29) is 25.4 Å². The highest BCUT2D eigenvalue weighted by Crippen LogP contribution is 2.12. The van der Waals surface area contributed by atoms with Crippen molar-refractivity contribution in [1.82, 2.24) is 16.0 Å². The number of ether oxygens (including phenoxy) is 1. The lowest BCUT2D eigenvalue weighted by Crippen LogP contribution is -2.52. The third-order valence-electron chi connectivity index (χ3n) is 5.99. The standard InChI is InChI=1S/C28H38N4O6/c1-18(2)25(26(29)35)32-24(34)15-14-23(33)22(16-20-10-6-4-7-11-20)31-27(36)19(3)30-28(37)38-17-21-12-8-5-9-13-21/h4-13,18-19,22-23,25,33H,14-17H2,1-3H3,(H2,29,35)(H,30,37)(H,31,36)(H,32,34)/t19-,22-,23-,25-/m0/s1. The molecule has 0 saturated heterocycles. The van der Waals surface area contributed by atoms with Crippen molar-refractivity contribution in [3.05, 3.63) is 71.8 Å². The Kier molecular flexibility index (Phi) is 12.2. The molecule has 0 aliphatic rings. The fraction of sp³-hybridized carbons (Fsp3) is 0.429. The predicted octanol–water partition coefficient (Wildman–Crippen LogP) is 1.80. The van der Waals surface area contributed by atoms with Gasteiger partial charge in [-0.05, 0) is 36.8 Å². The van der Waals surface area contributed by atoms with Gasteiger partial charge in [-0.1, -0.05) is 74.5 Å². The minimum atomic E-state index is -1.08. The highest BCUT2D eigenvalue weighted by atomic mass is 16.5. The van der Waals surface area contributed by atoms with Crippen molar-refractivity contribution in [3.8, 4) is 0 Å². The number of rotatable bonds is 14. The Morgan fingerprint density at radius 1 is 0.868 bits per heavy atom. The van der Waals surface area contributed by atoms with Gasteiger partial charge in [0.2, 0.25) is 17.7 Å². The molecule has 2 aromatic rings. The van der Waals surface area contributed by atoms with E-state index in [2.05, 4.69) is 16.0 Å². The average Bonchev–Trinajstić information content (AvgIpc) is 2.89. The molecule has 0 unspecified atom stereocenters. The Labute approximate surface area is 223 Å². The number of amides is 4. The highest BCUT2D eigenvalue weighted by molar-refractivity contribution is 5.87. The summed E-state index contributed by atoms with van der Waals surface area (Å²) >= 11 is 0. The maximum Gasteiger partial charge on any atom is 0.408 e. The van der Waals surface area contributed by atoms with Crippen LogP contribution in [0.1, 0.15) is 44.7 Å². The van der Waals surface area contributed by atoms with E-state index in [0.29, 0.717) is 6.42 Å². The Morgan fingerprint density at radius 3 is 2.00 bits per heavy atom. The maximum atomic E-state index is 12.9. The lowest BCUT2D eigenvalue weighted by molar-refractivity contribution is -0.128. The van der Waals surface area contributed by atoms with Crippen LogP contribution in [0, 0.1) is 5.92 Å². The molecule has 4 atom stereocenters. The quantitative estimate of drug-likeness (QED) is 0.252. The van der Waals surface area contributed by atoms with Gasteiger partial charge in [0.05, 0.1) is 12.1 Å². The average molecular weight is 527 g/mol. The van der Waals surface area contributed by atoms with Crippen molar-refractivity contribution < 1.29 is 29.0 Å². The Balaban J connectivity index is 1.96. The molecule has 0 aromatic heterocycles. The summed E-state index contributed by atoms with van der Waals surface area (Å²) in [5.41, 5.74) is 7.04. The summed E-state index contributed by atoms with van der Waals surface area (Å²) in [5, 5.41) is 18.8. The Bertz CT molecular complexity index is 1050. The number of hydrogen-bond donors (Lipinski definition) is 5. The maximum absolute atomic E-state index is 12.9. The van der Waals surface area contributed by atoms with E-state index in [0.717, 1.165) is 11.1 Å². The zero-order valence-corrected chi connectivity index (χ0v) is 22.1. The van der Waals surface area contributed by atoms with Gasteiger partial charge in [0.25, 0.3) is 0 Å². The number of alkyl carbamates (subject to hydrolysis) is 1. The molecule has 0 spiro atoms. The summed E-state index contributed by atoms with van der Waals surface area (Å²) < 4.78 is 5.17. The molecular weight excluding hydrogens is 488 g/mol. The molecule has 0 radical (unpaired) electrons. The molecule has 0 saturated carbocycles. The van der Waals surface area contributed by atoms with E-state index in [9.17, 15) is 24.3 Å². The molecular formula is C28H38N4O6.